The Hall–Kier alpha value is -3.38. The minimum absolute atomic E-state index is 0.0214. The lowest BCUT2D eigenvalue weighted by Crippen LogP contribution is -2.51. The Kier molecular flexibility index (Phi) is 8.22. The third-order valence-corrected chi connectivity index (χ3v) is 5.22. The summed E-state index contributed by atoms with van der Waals surface area (Å²) in [6.07, 6.45) is 0.319. The summed E-state index contributed by atoms with van der Waals surface area (Å²) in [5.41, 5.74) is 1.71. The standard InChI is InChI=1S/C25H24ClFN2O3/c1-28-25(31)22(15-18-7-3-2-4-8-18)29(16-19-11-13-20(26)14-12-19)24(30)17-32-23-10-6-5-9-21(23)27/h2-14,22H,15-17H2,1H3,(H,28,31)/t22-/m1/s1. The third-order valence-electron chi connectivity index (χ3n) is 4.97. The van der Waals surface area contributed by atoms with E-state index in [-0.39, 0.29) is 18.2 Å². The van der Waals surface area contributed by atoms with Crippen LogP contribution in [0.5, 0.6) is 5.75 Å². The molecule has 0 aliphatic heterocycles. The fraction of sp³-hybridized carbons (Fsp3) is 0.200. The highest BCUT2D eigenvalue weighted by Crippen LogP contribution is 2.19. The summed E-state index contributed by atoms with van der Waals surface area (Å²) in [5.74, 6) is -1.32. The summed E-state index contributed by atoms with van der Waals surface area (Å²) in [4.78, 5) is 27.5. The quantitative estimate of drug-likeness (QED) is 0.526. The number of likely N-dealkylation sites (N-methyl/N-ethyl adjacent to an activating group) is 1. The topological polar surface area (TPSA) is 58.6 Å². The normalized spacial score (nSPS) is 11.5. The van der Waals surface area contributed by atoms with Crippen molar-refractivity contribution in [1.82, 2.24) is 10.2 Å². The molecule has 0 bridgehead atoms. The molecule has 0 aliphatic carbocycles. The zero-order chi connectivity index (χ0) is 22.9. The fourth-order valence-corrected chi connectivity index (χ4v) is 3.42. The number of carbonyl (C=O) groups excluding carboxylic acids is 2. The number of carbonyl (C=O) groups is 2. The van der Waals surface area contributed by atoms with Gasteiger partial charge in [0, 0.05) is 25.0 Å². The van der Waals surface area contributed by atoms with Crippen molar-refractivity contribution in [2.45, 2.75) is 19.0 Å². The van der Waals surface area contributed by atoms with Crippen molar-refractivity contribution in [3.63, 3.8) is 0 Å². The van der Waals surface area contributed by atoms with E-state index >= 15 is 0 Å². The van der Waals surface area contributed by atoms with Gasteiger partial charge >= 0.3 is 0 Å². The van der Waals surface area contributed by atoms with Gasteiger partial charge in [-0.25, -0.2) is 4.39 Å². The van der Waals surface area contributed by atoms with Crippen molar-refractivity contribution in [1.29, 1.82) is 0 Å². The zero-order valence-electron chi connectivity index (χ0n) is 17.6. The molecule has 7 heteroatoms. The molecule has 3 aromatic rings. The molecule has 0 fully saturated rings. The number of nitrogens with zero attached hydrogens (tertiary/aromatic N) is 1. The van der Waals surface area contributed by atoms with E-state index in [1.165, 1.54) is 24.1 Å². The minimum atomic E-state index is -0.783. The third kappa shape index (κ3) is 6.31. The maximum absolute atomic E-state index is 13.9. The maximum atomic E-state index is 13.9. The lowest BCUT2D eigenvalue weighted by atomic mass is 10.0. The van der Waals surface area contributed by atoms with Gasteiger partial charge < -0.3 is 15.0 Å². The molecule has 0 saturated carbocycles. The van der Waals surface area contributed by atoms with Gasteiger partial charge in [-0.1, -0.05) is 66.2 Å². The second-order valence-corrected chi connectivity index (χ2v) is 7.62. The molecule has 5 nitrogen and oxygen atoms in total. The molecule has 0 unspecified atom stereocenters. The average Bonchev–Trinajstić information content (AvgIpc) is 2.82. The Bertz CT molecular complexity index is 1040. The second-order valence-electron chi connectivity index (χ2n) is 7.19. The van der Waals surface area contributed by atoms with Crippen molar-refractivity contribution in [2.24, 2.45) is 0 Å². The number of benzene rings is 3. The van der Waals surface area contributed by atoms with Crippen LogP contribution in [0.4, 0.5) is 4.39 Å². The second kappa shape index (κ2) is 11.3. The van der Waals surface area contributed by atoms with Crippen LogP contribution in [-0.2, 0) is 22.6 Å². The Labute approximate surface area is 191 Å². The zero-order valence-corrected chi connectivity index (χ0v) is 18.4. The molecular formula is C25H24ClFN2O3. The van der Waals surface area contributed by atoms with Crippen LogP contribution in [0.25, 0.3) is 0 Å². The van der Waals surface area contributed by atoms with Crippen molar-refractivity contribution >= 4 is 23.4 Å². The predicted octanol–water partition coefficient (Wildman–Crippen LogP) is 4.24. The molecular weight excluding hydrogens is 431 g/mol. The highest BCUT2D eigenvalue weighted by atomic mass is 35.5. The van der Waals surface area contributed by atoms with Gasteiger partial charge in [-0.3, -0.25) is 9.59 Å². The molecule has 32 heavy (non-hydrogen) atoms. The monoisotopic (exact) mass is 454 g/mol. The molecule has 3 rings (SSSR count). The Morgan fingerprint density at radius 3 is 2.28 bits per heavy atom. The summed E-state index contributed by atoms with van der Waals surface area (Å²) >= 11 is 5.99. The van der Waals surface area contributed by atoms with E-state index in [4.69, 9.17) is 16.3 Å². The molecule has 2 amide bonds. The van der Waals surface area contributed by atoms with Gasteiger partial charge in [-0.2, -0.15) is 0 Å². The number of ether oxygens (including phenoxy) is 1. The van der Waals surface area contributed by atoms with E-state index in [1.807, 2.05) is 30.3 Å². The van der Waals surface area contributed by atoms with E-state index < -0.39 is 24.4 Å². The van der Waals surface area contributed by atoms with E-state index in [0.29, 0.717) is 11.4 Å². The van der Waals surface area contributed by atoms with Crippen molar-refractivity contribution in [3.05, 3.63) is 101 Å². The number of amides is 2. The van der Waals surface area contributed by atoms with Crippen LogP contribution in [0.2, 0.25) is 5.02 Å². The van der Waals surface area contributed by atoms with Gasteiger partial charge in [0.05, 0.1) is 0 Å². The molecule has 1 N–H and O–H groups in total. The van der Waals surface area contributed by atoms with Gasteiger partial charge in [0.15, 0.2) is 18.2 Å². The van der Waals surface area contributed by atoms with Gasteiger partial charge in [0.25, 0.3) is 5.91 Å². The number of rotatable bonds is 9. The SMILES string of the molecule is CNC(=O)[C@@H](Cc1ccccc1)N(Cc1ccc(Cl)cc1)C(=O)COc1ccccc1F. The molecule has 0 heterocycles. The number of hydrogen-bond acceptors (Lipinski definition) is 3. The van der Waals surface area contributed by atoms with Crippen LogP contribution in [0.15, 0.2) is 78.9 Å². The molecule has 1 atom stereocenters. The molecule has 3 aromatic carbocycles. The first-order valence-electron chi connectivity index (χ1n) is 10.1. The molecule has 0 aromatic heterocycles. The Balaban J connectivity index is 1.87. The highest BCUT2D eigenvalue weighted by Gasteiger charge is 2.30. The van der Waals surface area contributed by atoms with Gasteiger partial charge in [-0.05, 0) is 35.4 Å². The highest BCUT2D eigenvalue weighted by molar-refractivity contribution is 6.30. The maximum Gasteiger partial charge on any atom is 0.261 e. The molecule has 0 saturated heterocycles. The largest absolute Gasteiger partial charge is 0.481 e. The lowest BCUT2D eigenvalue weighted by molar-refractivity contribution is -0.142. The Morgan fingerprint density at radius 2 is 1.62 bits per heavy atom. The number of hydrogen-bond donors (Lipinski definition) is 1. The minimum Gasteiger partial charge on any atom is -0.481 e. The summed E-state index contributed by atoms with van der Waals surface area (Å²) in [6, 6.07) is 21.6. The molecule has 166 valence electrons. The van der Waals surface area contributed by atoms with Crippen molar-refractivity contribution < 1.29 is 18.7 Å². The van der Waals surface area contributed by atoms with Crippen LogP contribution < -0.4 is 10.1 Å². The summed E-state index contributed by atoms with van der Waals surface area (Å²) in [6.45, 7) is -0.238. The van der Waals surface area contributed by atoms with Crippen molar-refractivity contribution in [3.8, 4) is 5.75 Å². The average molecular weight is 455 g/mol. The van der Waals surface area contributed by atoms with Crippen LogP contribution in [0.3, 0.4) is 0 Å². The van der Waals surface area contributed by atoms with E-state index in [9.17, 15) is 14.0 Å². The van der Waals surface area contributed by atoms with Crippen molar-refractivity contribution in [2.75, 3.05) is 13.7 Å². The van der Waals surface area contributed by atoms with Crippen LogP contribution in [-0.4, -0.2) is 36.4 Å². The van der Waals surface area contributed by atoms with Gasteiger partial charge in [0.2, 0.25) is 5.91 Å². The fourth-order valence-electron chi connectivity index (χ4n) is 3.29. The smallest absolute Gasteiger partial charge is 0.261 e. The van der Waals surface area contributed by atoms with Gasteiger partial charge in [0.1, 0.15) is 6.04 Å². The van der Waals surface area contributed by atoms with E-state index in [1.54, 1.807) is 36.4 Å². The first-order valence-corrected chi connectivity index (χ1v) is 10.5. The number of halogens is 2. The van der Waals surface area contributed by atoms with E-state index in [0.717, 1.165) is 11.1 Å². The van der Waals surface area contributed by atoms with Crippen LogP contribution in [0, 0.1) is 5.82 Å². The summed E-state index contributed by atoms with van der Waals surface area (Å²) in [7, 11) is 1.53. The molecule has 0 radical (unpaired) electrons. The van der Waals surface area contributed by atoms with Crippen LogP contribution in [0.1, 0.15) is 11.1 Å². The predicted molar refractivity (Wildman–Crippen MR) is 122 cm³/mol. The first-order chi connectivity index (χ1) is 15.5. The number of nitrogens with one attached hydrogen (secondary N) is 1. The van der Waals surface area contributed by atoms with Crippen LogP contribution >= 0.6 is 11.6 Å². The Morgan fingerprint density at radius 1 is 0.969 bits per heavy atom. The van der Waals surface area contributed by atoms with E-state index in [2.05, 4.69) is 5.32 Å². The summed E-state index contributed by atoms with van der Waals surface area (Å²) in [5, 5.41) is 3.21. The lowest BCUT2D eigenvalue weighted by Gasteiger charge is -2.31. The molecule has 0 aliphatic rings. The summed E-state index contributed by atoms with van der Waals surface area (Å²) < 4.78 is 19.4. The van der Waals surface area contributed by atoms with Gasteiger partial charge in [-0.15, -0.1) is 0 Å². The number of para-hydroxylation sites is 1. The molecule has 0 spiro atoms. The first kappa shape index (κ1) is 23.3.